The molecule has 17 heavy (non-hydrogen) atoms. The first-order valence-corrected chi connectivity index (χ1v) is 6.18. The van der Waals surface area contributed by atoms with Gasteiger partial charge in [-0.1, -0.05) is 6.42 Å². The van der Waals surface area contributed by atoms with Gasteiger partial charge in [0.2, 0.25) is 0 Å². The summed E-state index contributed by atoms with van der Waals surface area (Å²) in [6, 6.07) is 3.23. The van der Waals surface area contributed by atoms with Crippen molar-refractivity contribution in [2.24, 2.45) is 11.8 Å². The molecule has 2 fully saturated rings. The summed E-state index contributed by atoms with van der Waals surface area (Å²) in [5.41, 5.74) is 0.326. The summed E-state index contributed by atoms with van der Waals surface area (Å²) in [5.74, 6) is 1.53. The smallest absolute Gasteiger partial charge is 0.335 e. The highest BCUT2D eigenvalue weighted by Gasteiger charge is 2.36. The lowest BCUT2D eigenvalue weighted by Gasteiger charge is -2.18. The minimum Gasteiger partial charge on any atom is -0.478 e. The molecule has 1 saturated carbocycles. The SMILES string of the molecule is O=C(O)c1ccnc(N2CC3CCCC3C2)c1. The van der Waals surface area contributed by atoms with Crippen molar-refractivity contribution in [1.29, 1.82) is 0 Å². The molecule has 1 N–H and O–H groups in total. The molecule has 2 heterocycles. The van der Waals surface area contributed by atoms with E-state index in [0.717, 1.165) is 30.7 Å². The summed E-state index contributed by atoms with van der Waals surface area (Å²) in [7, 11) is 0. The maximum atomic E-state index is 10.9. The van der Waals surface area contributed by atoms with Gasteiger partial charge in [-0.25, -0.2) is 9.78 Å². The van der Waals surface area contributed by atoms with Crippen molar-refractivity contribution in [1.82, 2.24) is 4.98 Å². The first-order chi connectivity index (χ1) is 8.24. The molecule has 2 atom stereocenters. The number of carboxylic acid groups (broad SMARTS) is 1. The minimum absolute atomic E-state index is 0.326. The first-order valence-electron chi connectivity index (χ1n) is 6.18. The Bertz CT molecular complexity index is 435. The van der Waals surface area contributed by atoms with Crippen LogP contribution in [0.2, 0.25) is 0 Å². The molecule has 90 valence electrons. The Kier molecular flexibility index (Phi) is 2.50. The number of aromatic carboxylic acids is 1. The molecule has 0 spiro atoms. The summed E-state index contributed by atoms with van der Waals surface area (Å²) in [6.07, 6.45) is 5.58. The largest absolute Gasteiger partial charge is 0.478 e. The Morgan fingerprint density at radius 1 is 1.35 bits per heavy atom. The van der Waals surface area contributed by atoms with Crippen LogP contribution >= 0.6 is 0 Å². The van der Waals surface area contributed by atoms with E-state index in [0.29, 0.717) is 5.56 Å². The number of nitrogens with zero attached hydrogens (tertiary/aromatic N) is 2. The van der Waals surface area contributed by atoms with Crippen LogP contribution in [0.15, 0.2) is 18.3 Å². The summed E-state index contributed by atoms with van der Waals surface area (Å²) in [5, 5.41) is 8.97. The average molecular weight is 232 g/mol. The number of carboxylic acids is 1. The third-order valence-corrected chi connectivity index (χ3v) is 4.04. The maximum Gasteiger partial charge on any atom is 0.335 e. The molecule has 1 saturated heterocycles. The molecular formula is C13H16N2O2. The maximum absolute atomic E-state index is 10.9. The second-order valence-corrected chi connectivity index (χ2v) is 5.06. The van der Waals surface area contributed by atoms with Gasteiger partial charge in [0.25, 0.3) is 0 Å². The van der Waals surface area contributed by atoms with Crippen LogP contribution in [0.4, 0.5) is 5.82 Å². The van der Waals surface area contributed by atoms with Crippen LogP contribution in [0.25, 0.3) is 0 Å². The van der Waals surface area contributed by atoms with Crippen LogP contribution in [0.3, 0.4) is 0 Å². The molecule has 2 unspecified atom stereocenters. The third kappa shape index (κ3) is 1.88. The van der Waals surface area contributed by atoms with Crippen molar-refractivity contribution < 1.29 is 9.90 Å². The van der Waals surface area contributed by atoms with Crippen molar-refractivity contribution >= 4 is 11.8 Å². The summed E-state index contributed by atoms with van der Waals surface area (Å²) >= 11 is 0. The molecule has 0 amide bonds. The van der Waals surface area contributed by atoms with Gasteiger partial charge in [0.1, 0.15) is 5.82 Å². The predicted octanol–water partition coefficient (Wildman–Crippen LogP) is 2.02. The van der Waals surface area contributed by atoms with Crippen molar-refractivity contribution in [2.75, 3.05) is 18.0 Å². The lowest BCUT2D eigenvalue weighted by atomic mass is 10.0. The van der Waals surface area contributed by atoms with Gasteiger partial charge in [0, 0.05) is 19.3 Å². The van der Waals surface area contributed by atoms with Gasteiger partial charge in [-0.3, -0.25) is 0 Å². The van der Waals surface area contributed by atoms with Crippen LogP contribution in [0.1, 0.15) is 29.6 Å². The van der Waals surface area contributed by atoms with Crippen molar-refractivity contribution in [3.63, 3.8) is 0 Å². The topological polar surface area (TPSA) is 53.4 Å². The zero-order chi connectivity index (χ0) is 11.8. The fourth-order valence-corrected chi connectivity index (χ4v) is 3.15. The van der Waals surface area contributed by atoms with E-state index in [4.69, 9.17) is 5.11 Å². The number of anilines is 1. The highest BCUT2D eigenvalue weighted by Crippen LogP contribution is 2.39. The monoisotopic (exact) mass is 232 g/mol. The van der Waals surface area contributed by atoms with Crippen molar-refractivity contribution in [3.05, 3.63) is 23.9 Å². The van der Waals surface area contributed by atoms with E-state index in [1.54, 1.807) is 18.3 Å². The molecule has 3 rings (SSSR count). The zero-order valence-corrected chi connectivity index (χ0v) is 9.67. The molecule has 0 radical (unpaired) electrons. The van der Waals surface area contributed by atoms with Gasteiger partial charge >= 0.3 is 5.97 Å². The predicted molar refractivity (Wildman–Crippen MR) is 64.2 cm³/mol. The Labute approximate surface area is 100 Å². The average Bonchev–Trinajstić information content (AvgIpc) is 2.89. The number of pyridine rings is 1. The molecule has 1 aliphatic heterocycles. The van der Waals surface area contributed by atoms with E-state index in [9.17, 15) is 4.79 Å². The van der Waals surface area contributed by atoms with E-state index in [1.807, 2.05) is 0 Å². The van der Waals surface area contributed by atoms with Gasteiger partial charge in [0.15, 0.2) is 0 Å². The fourth-order valence-electron chi connectivity index (χ4n) is 3.15. The molecule has 1 aromatic heterocycles. The van der Waals surface area contributed by atoms with Gasteiger partial charge in [-0.2, -0.15) is 0 Å². The summed E-state index contributed by atoms with van der Waals surface area (Å²) in [4.78, 5) is 17.4. The number of fused-ring (bicyclic) bond motifs is 1. The normalized spacial score (nSPS) is 27.2. The highest BCUT2D eigenvalue weighted by molar-refractivity contribution is 5.88. The number of carbonyl (C=O) groups is 1. The molecule has 1 aliphatic carbocycles. The fraction of sp³-hybridized carbons (Fsp3) is 0.538. The van der Waals surface area contributed by atoms with E-state index in [-0.39, 0.29) is 0 Å². The summed E-state index contributed by atoms with van der Waals surface area (Å²) < 4.78 is 0. The first kappa shape index (κ1) is 10.6. The van der Waals surface area contributed by atoms with Crippen LogP contribution in [0, 0.1) is 11.8 Å². The minimum atomic E-state index is -0.881. The molecular weight excluding hydrogens is 216 g/mol. The number of hydrogen-bond donors (Lipinski definition) is 1. The van der Waals surface area contributed by atoms with Crippen LogP contribution in [0.5, 0.6) is 0 Å². The van der Waals surface area contributed by atoms with E-state index in [2.05, 4.69) is 9.88 Å². The van der Waals surface area contributed by atoms with Gasteiger partial charge in [0.05, 0.1) is 5.56 Å². The lowest BCUT2D eigenvalue weighted by Crippen LogP contribution is -2.22. The van der Waals surface area contributed by atoms with Crippen molar-refractivity contribution in [3.8, 4) is 0 Å². The Hall–Kier alpha value is -1.58. The number of rotatable bonds is 2. The quantitative estimate of drug-likeness (QED) is 0.847. The Morgan fingerprint density at radius 2 is 2.06 bits per heavy atom. The van der Waals surface area contributed by atoms with Crippen LogP contribution < -0.4 is 4.90 Å². The molecule has 4 nitrogen and oxygen atoms in total. The van der Waals surface area contributed by atoms with Crippen LogP contribution in [-0.4, -0.2) is 29.1 Å². The van der Waals surface area contributed by atoms with Crippen LogP contribution in [-0.2, 0) is 0 Å². The second-order valence-electron chi connectivity index (χ2n) is 5.06. The zero-order valence-electron chi connectivity index (χ0n) is 9.67. The van der Waals surface area contributed by atoms with Gasteiger partial charge in [-0.15, -0.1) is 0 Å². The van der Waals surface area contributed by atoms with Crippen molar-refractivity contribution in [2.45, 2.75) is 19.3 Å². The summed E-state index contributed by atoms with van der Waals surface area (Å²) in [6.45, 7) is 2.08. The third-order valence-electron chi connectivity index (χ3n) is 4.04. The molecule has 0 bridgehead atoms. The molecule has 2 aliphatic rings. The van der Waals surface area contributed by atoms with E-state index in [1.165, 1.54) is 19.3 Å². The molecule has 0 aromatic carbocycles. The number of aromatic nitrogens is 1. The van der Waals surface area contributed by atoms with Gasteiger partial charge < -0.3 is 10.0 Å². The van der Waals surface area contributed by atoms with E-state index >= 15 is 0 Å². The highest BCUT2D eigenvalue weighted by atomic mass is 16.4. The Balaban J connectivity index is 1.81. The lowest BCUT2D eigenvalue weighted by molar-refractivity contribution is 0.0697. The second kappa shape index (κ2) is 4.02. The molecule has 1 aromatic rings. The Morgan fingerprint density at radius 3 is 2.71 bits per heavy atom. The number of hydrogen-bond acceptors (Lipinski definition) is 3. The standard InChI is InChI=1S/C13H16N2O2/c16-13(17)9-4-5-14-12(6-9)15-7-10-2-1-3-11(10)8-15/h4-6,10-11H,1-3,7-8H2,(H,16,17). The van der Waals surface area contributed by atoms with E-state index < -0.39 is 5.97 Å². The van der Waals surface area contributed by atoms with Gasteiger partial charge in [-0.05, 0) is 36.8 Å². The molecule has 4 heteroatoms.